The third kappa shape index (κ3) is 7.51. The van der Waals surface area contributed by atoms with Gasteiger partial charge in [-0.25, -0.2) is 12.8 Å². The maximum absolute atomic E-state index is 14.7. The van der Waals surface area contributed by atoms with Crippen LogP contribution in [0.3, 0.4) is 0 Å². The summed E-state index contributed by atoms with van der Waals surface area (Å²) < 4.78 is 48.7. The molecule has 0 spiro atoms. The average Bonchev–Trinajstić information content (AvgIpc) is 2.90. The number of sulfonamides is 1. The second-order valence-electron chi connectivity index (χ2n) is 10.2. The molecule has 40 heavy (non-hydrogen) atoms. The first-order valence-electron chi connectivity index (χ1n) is 12.5. The average molecular weight is 590 g/mol. The third-order valence-corrected chi connectivity index (χ3v) is 7.99. The van der Waals surface area contributed by atoms with Crippen molar-refractivity contribution in [2.75, 3.05) is 18.0 Å². The minimum absolute atomic E-state index is 0.0323. The molecule has 0 aromatic heterocycles. The summed E-state index contributed by atoms with van der Waals surface area (Å²) in [5.74, 6) is -1.61. The molecule has 0 aliphatic carbocycles. The zero-order chi connectivity index (χ0) is 29.7. The number of ether oxygens (including phenoxy) is 1. The summed E-state index contributed by atoms with van der Waals surface area (Å²) in [5, 5.41) is 3.05. The van der Waals surface area contributed by atoms with Crippen LogP contribution in [-0.4, -0.2) is 50.4 Å². The number of anilines is 1. The Balaban J connectivity index is 2.11. The Kier molecular flexibility index (Phi) is 9.81. The summed E-state index contributed by atoms with van der Waals surface area (Å²) in [6.07, 6.45) is 0. The second kappa shape index (κ2) is 12.7. The molecular formula is C29H33ClFN3O5S. The fourth-order valence-electron chi connectivity index (χ4n) is 3.96. The van der Waals surface area contributed by atoms with Crippen molar-refractivity contribution < 1.29 is 27.1 Å². The first-order valence-corrected chi connectivity index (χ1v) is 14.3. The number of methoxy groups -OCH3 is 1. The highest BCUT2D eigenvalue weighted by Crippen LogP contribution is 2.35. The molecule has 0 aliphatic rings. The Bertz CT molecular complexity index is 1460. The summed E-state index contributed by atoms with van der Waals surface area (Å²) in [7, 11) is -2.95. The third-order valence-electron chi connectivity index (χ3n) is 5.98. The molecule has 3 aromatic carbocycles. The molecule has 0 bridgehead atoms. The molecule has 214 valence electrons. The number of halogens is 2. The lowest BCUT2D eigenvalue weighted by atomic mass is 10.1. The van der Waals surface area contributed by atoms with E-state index in [1.165, 1.54) is 62.6 Å². The predicted octanol–water partition coefficient (Wildman–Crippen LogP) is 5.02. The van der Waals surface area contributed by atoms with Gasteiger partial charge in [-0.1, -0.05) is 48.0 Å². The molecular weight excluding hydrogens is 557 g/mol. The Morgan fingerprint density at radius 3 is 2.25 bits per heavy atom. The standard InChI is InChI=1S/C29H33ClFN3O5S/c1-20(28(36)32-29(2,3)4)33(18-21-11-9-10-14-24(21)31)27(35)19-34(25-17-22(30)15-16-26(25)39-5)40(37,38)23-12-7-6-8-13-23/h6-17,20H,18-19H2,1-5H3,(H,32,36)/t20-/m1/s1. The van der Waals surface area contributed by atoms with Crippen LogP contribution in [0.2, 0.25) is 5.02 Å². The Morgan fingerprint density at radius 2 is 1.65 bits per heavy atom. The lowest BCUT2D eigenvalue weighted by Crippen LogP contribution is -2.54. The van der Waals surface area contributed by atoms with Crippen molar-refractivity contribution in [2.24, 2.45) is 0 Å². The van der Waals surface area contributed by atoms with Gasteiger partial charge in [0.15, 0.2) is 0 Å². The molecule has 0 heterocycles. The van der Waals surface area contributed by atoms with Gasteiger partial charge in [-0.2, -0.15) is 0 Å². The molecule has 0 radical (unpaired) electrons. The van der Waals surface area contributed by atoms with Gasteiger partial charge >= 0.3 is 0 Å². The van der Waals surface area contributed by atoms with E-state index in [4.69, 9.17) is 16.3 Å². The molecule has 0 saturated carbocycles. The fraction of sp³-hybridized carbons (Fsp3) is 0.310. The molecule has 1 atom stereocenters. The Morgan fingerprint density at radius 1 is 1.02 bits per heavy atom. The van der Waals surface area contributed by atoms with Crippen molar-refractivity contribution in [3.8, 4) is 5.75 Å². The van der Waals surface area contributed by atoms with E-state index in [9.17, 15) is 22.4 Å². The zero-order valence-electron chi connectivity index (χ0n) is 23.0. The molecule has 0 unspecified atom stereocenters. The van der Waals surface area contributed by atoms with E-state index >= 15 is 0 Å². The van der Waals surface area contributed by atoms with E-state index in [0.29, 0.717) is 0 Å². The molecule has 0 aliphatic heterocycles. The monoisotopic (exact) mass is 589 g/mol. The number of nitrogens with zero attached hydrogens (tertiary/aromatic N) is 2. The second-order valence-corrected chi connectivity index (χ2v) is 12.5. The fourth-order valence-corrected chi connectivity index (χ4v) is 5.56. The van der Waals surface area contributed by atoms with Crippen LogP contribution in [0.1, 0.15) is 33.3 Å². The number of nitrogens with one attached hydrogen (secondary N) is 1. The number of amides is 2. The molecule has 1 N–H and O–H groups in total. The number of rotatable bonds is 10. The number of carbonyl (C=O) groups excluding carboxylic acids is 2. The lowest BCUT2D eigenvalue weighted by molar-refractivity contribution is -0.140. The van der Waals surface area contributed by atoms with E-state index in [-0.39, 0.29) is 33.5 Å². The summed E-state index contributed by atoms with van der Waals surface area (Å²) >= 11 is 6.22. The Hall–Kier alpha value is -3.63. The molecule has 3 aromatic rings. The van der Waals surface area contributed by atoms with Crippen molar-refractivity contribution in [2.45, 2.75) is 50.7 Å². The van der Waals surface area contributed by atoms with Crippen molar-refractivity contribution in [1.82, 2.24) is 10.2 Å². The van der Waals surface area contributed by atoms with Gasteiger partial charge in [-0.15, -0.1) is 0 Å². The highest BCUT2D eigenvalue weighted by Gasteiger charge is 2.34. The van der Waals surface area contributed by atoms with Crippen LogP contribution in [0.25, 0.3) is 0 Å². The highest BCUT2D eigenvalue weighted by atomic mass is 35.5. The van der Waals surface area contributed by atoms with Crippen LogP contribution in [0, 0.1) is 5.82 Å². The number of carbonyl (C=O) groups is 2. The first kappa shape index (κ1) is 30.9. The van der Waals surface area contributed by atoms with Crippen LogP contribution < -0.4 is 14.4 Å². The SMILES string of the molecule is COc1ccc(Cl)cc1N(CC(=O)N(Cc1ccccc1F)[C@H](C)C(=O)NC(C)(C)C)S(=O)(=O)c1ccccc1. The van der Waals surface area contributed by atoms with Crippen LogP contribution >= 0.6 is 11.6 Å². The topological polar surface area (TPSA) is 96.0 Å². The maximum Gasteiger partial charge on any atom is 0.264 e. The molecule has 2 amide bonds. The van der Waals surface area contributed by atoms with E-state index < -0.39 is 45.8 Å². The number of hydrogen-bond acceptors (Lipinski definition) is 5. The summed E-state index contributed by atoms with van der Waals surface area (Å²) in [4.78, 5) is 28.2. The maximum atomic E-state index is 14.7. The predicted molar refractivity (Wildman–Crippen MR) is 153 cm³/mol. The zero-order valence-corrected chi connectivity index (χ0v) is 24.6. The van der Waals surface area contributed by atoms with Crippen LogP contribution in [-0.2, 0) is 26.2 Å². The molecule has 0 saturated heterocycles. The molecule has 8 nitrogen and oxygen atoms in total. The van der Waals surface area contributed by atoms with Crippen molar-refractivity contribution in [1.29, 1.82) is 0 Å². The normalized spacial score (nSPS) is 12.4. The summed E-state index contributed by atoms with van der Waals surface area (Å²) in [5.41, 5.74) is -0.400. The highest BCUT2D eigenvalue weighted by molar-refractivity contribution is 7.92. The largest absolute Gasteiger partial charge is 0.495 e. The summed E-state index contributed by atoms with van der Waals surface area (Å²) in [6.45, 7) is 5.90. The summed E-state index contributed by atoms with van der Waals surface area (Å²) in [6, 6.07) is 16.8. The number of benzene rings is 3. The Labute approximate surface area is 239 Å². The van der Waals surface area contributed by atoms with Crippen molar-refractivity contribution >= 4 is 39.1 Å². The first-order chi connectivity index (χ1) is 18.7. The van der Waals surface area contributed by atoms with Gasteiger partial charge in [-0.3, -0.25) is 13.9 Å². The van der Waals surface area contributed by atoms with E-state index in [0.717, 1.165) is 9.21 Å². The molecule has 11 heteroatoms. The van der Waals surface area contributed by atoms with Gasteiger partial charge in [0.05, 0.1) is 17.7 Å². The van der Waals surface area contributed by atoms with Gasteiger partial charge in [0, 0.05) is 22.7 Å². The molecule has 0 fully saturated rings. The van der Waals surface area contributed by atoms with Gasteiger partial charge in [-0.05, 0) is 64.1 Å². The lowest BCUT2D eigenvalue weighted by Gasteiger charge is -2.33. The van der Waals surface area contributed by atoms with Crippen LogP contribution in [0.5, 0.6) is 5.75 Å². The van der Waals surface area contributed by atoms with Crippen LogP contribution in [0.15, 0.2) is 77.7 Å². The van der Waals surface area contributed by atoms with Gasteiger partial charge in [0.2, 0.25) is 11.8 Å². The van der Waals surface area contributed by atoms with Crippen LogP contribution in [0.4, 0.5) is 10.1 Å². The van der Waals surface area contributed by atoms with E-state index in [2.05, 4.69) is 5.32 Å². The van der Waals surface area contributed by atoms with Gasteiger partial charge in [0.1, 0.15) is 24.2 Å². The van der Waals surface area contributed by atoms with E-state index in [1.807, 2.05) is 0 Å². The van der Waals surface area contributed by atoms with Crippen molar-refractivity contribution in [3.63, 3.8) is 0 Å². The van der Waals surface area contributed by atoms with Gasteiger partial charge < -0.3 is 15.0 Å². The van der Waals surface area contributed by atoms with E-state index in [1.54, 1.807) is 45.0 Å². The minimum Gasteiger partial charge on any atom is -0.495 e. The smallest absolute Gasteiger partial charge is 0.264 e. The minimum atomic E-state index is -4.32. The quantitative estimate of drug-likeness (QED) is 0.358. The van der Waals surface area contributed by atoms with Gasteiger partial charge in [0.25, 0.3) is 10.0 Å². The molecule has 3 rings (SSSR count). The number of hydrogen-bond donors (Lipinski definition) is 1. The van der Waals surface area contributed by atoms with Crippen molar-refractivity contribution in [3.05, 3.63) is 89.2 Å².